The van der Waals surface area contributed by atoms with Crippen molar-refractivity contribution in [3.8, 4) is 11.1 Å². The summed E-state index contributed by atoms with van der Waals surface area (Å²) < 4.78 is 0. The second-order valence-electron chi connectivity index (χ2n) is 11.5. The van der Waals surface area contributed by atoms with E-state index in [0.29, 0.717) is 5.92 Å². The summed E-state index contributed by atoms with van der Waals surface area (Å²) in [6.45, 7) is 0.211. The van der Waals surface area contributed by atoms with Crippen molar-refractivity contribution in [3.05, 3.63) is 143 Å². The van der Waals surface area contributed by atoms with Gasteiger partial charge in [0, 0.05) is 34.6 Å². The molecule has 10 rings (SSSR count). The van der Waals surface area contributed by atoms with E-state index in [0.717, 1.165) is 11.9 Å². The molecule has 1 atom stereocenters. The molecular formula is C37H23BN2. The molecule has 0 fully saturated rings. The Hall–Kier alpha value is -4.89. The van der Waals surface area contributed by atoms with E-state index in [1.807, 2.05) is 12.3 Å². The van der Waals surface area contributed by atoms with Gasteiger partial charge in [0.25, 0.3) is 0 Å². The van der Waals surface area contributed by atoms with Crippen molar-refractivity contribution in [3.63, 3.8) is 0 Å². The molecule has 3 heteroatoms. The van der Waals surface area contributed by atoms with Gasteiger partial charge in [0.05, 0.1) is 5.52 Å². The number of hydrogen-bond acceptors (Lipinski definition) is 2. The highest BCUT2D eigenvalue weighted by Gasteiger charge is 2.42. The lowest BCUT2D eigenvalue weighted by atomic mass is 9.37. The minimum absolute atomic E-state index is 0.211. The molecule has 0 radical (unpaired) electrons. The van der Waals surface area contributed by atoms with E-state index >= 15 is 0 Å². The van der Waals surface area contributed by atoms with E-state index in [4.69, 9.17) is 4.98 Å². The van der Waals surface area contributed by atoms with Crippen LogP contribution in [0.5, 0.6) is 0 Å². The SMILES string of the molecule is C1=CC2=CCc3cc(N4c5ccccc5B5c6cc7ncccc7cc6-c6cccc4c65)cc4c3C2C(=C1)C=C4. The van der Waals surface area contributed by atoms with Gasteiger partial charge in [-0.1, -0.05) is 78.3 Å². The van der Waals surface area contributed by atoms with Gasteiger partial charge in [-0.25, -0.2) is 0 Å². The van der Waals surface area contributed by atoms with Crippen LogP contribution in [0, 0.1) is 0 Å². The lowest BCUT2D eigenvalue weighted by molar-refractivity contribution is 0.892. The zero-order valence-corrected chi connectivity index (χ0v) is 21.8. The lowest BCUT2D eigenvalue weighted by Crippen LogP contribution is -2.54. The molecule has 2 nitrogen and oxygen atoms in total. The number of benzene rings is 4. The Morgan fingerprint density at radius 3 is 2.73 bits per heavy atom. The highest BCUT2D eigenvalue weighted by Crippen LogP contribution is 2.49. The third-order valence-corrected chi connectivity index (χ3v) is 9.56. The highest BCUT2D eigenvalue weighted by atomic mass is 15.2. The zero-order valence-electron chi connectivity index (χ0n) is 21.8. The molecule has 0 saturated carbocycles. The maximum atomic E-state index is 4.71. The quantitative estimate of drug-likeness (QED) is 0.233. The second kappa shape index (κ2) is 7.40. The summed E-state index contributed by atoms with van der Waals surface area (Å²) in [5.74, 6) is 0.374. The number of rotatable bonds is 1. The standard InChI is InChI=1S/C37H23BN2/c1-2-11-33-30(10-1)38-31-21-32-24(8-5-17-39-32)20-29(31)28-9-4-12-34(37(28)38)40(33)27-18-25-15-13-22-6-3-7-23-14-16-26(19-27)36(25)35(22)23/h1-15,17-21,35H,16H2. The number of anilines is 3. The molecule has 2 aliphatic heterocycles. The van der Waals surface area contributed by atoms with E-state index in [1.165, 1.54) is 77.8 Å². The zero-order chi connectivity index (χ0) is 25.9. The van der Waals surface area contributed by atoms with Gasteiger partial charge in [-0.3, -0.25) is 4.98 Å². The molecule has 4 aromatic carbocycles. The molecule has 0 N–H and O–H groups in total. The minimum atomic E-state index is 0.211. The van der Waals surface area contributed by atoms with E-state index < -0.39 is 0 Å². The first-order chi connectivity index (χ1) is 19.8. The summed E-state index contributed by atoms with van der Waals surface area (Å²) in [7, 11) is 0. The molecule has 0 saturated heterocycles. The van der Waals surface area contributed by atoms with Gasteiger partial charge >= 0.3 is 0 Å². The first-order valence-corrected chi connectivity index (χ1v) is 14.2. The van der Waals surface area contributed by atoms with Crippen LogP contribution in [-0.2, 0) is 6.42 Å². The predicted molar refractivity (Wildman–Crippen MR) is 167 cm³/mol. The Balaban J connectivity index is 1.23. The first-order valence-electron chi connectivity index (χ1n) is 14.2. The summed E-state index contributed by atoms with van der Waals surface area (Å²) in [5.41, 5.74) is 18.8. The van der Waals surface area contributed by atoms with Gasteiger partial charge in [0.2, 0.25) is 6.71 Å². The predicted octanol–water partition coefficient (Wildman–Crippen LogP) is 6.60. The Labute approximate surface area is 233 Å². The van der Waals surface area contributed by atoms with Gasteiger partial charge < -0.3 is 4.90 Å². The molecule has 184 valence electrons. The molecule has 0 bridgehead atoms. The monoisotopic (exact) mass is 506 g/mol. The van der Waals surface area contributed by atoms with Gasteiger partial charge in [0.1, 0.15) is 0 Å². The van der Waals surface area contributed by atoms with Crippen LogP contribution < -0.4 is 21.3 Å². The third-order valence-electron chi connectivity index (χ3n) is 9.56. The third kappa shape index (κ3) is 2.58. The number of allylic oxidation sites excluding steroid dienone is 7. The molecule has 3 heterocycles. The highest BCUT2D eigenvalue weighted by molar-refractivity contribution is 7.01. The number of fused-ring (bicyclic) bond motifs is 6. The molecule has 40 heavy (non-hydrogen) atoms. The smallest absolute Gasteiger partial charge is 0.248 e. The fraction of sp³-hybridized carbons (Fsp3) is 0.0541. The van der Waals surface area contributed by atoms with Crippen molar-refractivity contribution in [2.75, 3.05) is 4.90 Å². The van der Waals surface area contributed by atoms with E-state index in [-0.39, 0.29) is 6.71 Å². The van der Waals surface area contributed by atoms with Crippen molar-refractivity contribution < 1.29 is 0 Å². The lowest BCUT2D eigenvalue weighted by Gasteiger charge is -2.38. The topological polar surface area (TPSA) is 16.1 Å². The molecule has 1 aromatic heterocycles. The fourth-order valence-electron chi connectivity index (χ4n) is 7.96. The van der Waals surface area contributed by atoms with Crippen LogP contribution in [0.4, 0.5) is 17.1 Å². The number of aromatic nitrogens is 1. The normalized spacial score (nSPS) is 18.1. The Bertz CT molecular complexity index is 2110. The van der Waals surface area contributed by atoms with Crippen molar-refractivity contribution in [2.24, 2.45) is 0 Å². The summed E-state index contributed by atoms with van der Waals surface area (Å²) in [6, 6.07) is 29.6. The van der Waals surface area contributed by atoms with E-state index in [9.17, 15) is 0 Å². The van der Waals surface area contributed by atoms with Crippen LogP contribution >= 0.6 is 0 Å². The summed E-state index contributed by atoms with van der Waals surface area (Å²) in [4.78, 5) is 7.23. The number of hydrogen-bond donors (Lipinski definition) is 0. The summed E-state index contributed by atoms with van der Waals surface area (Å²) in [6.07, 6.45) is 16.7. The van der Waals surface area contributed by atoms with Crippen molar-refractivity contribution in [2.45, 2.75) is 12.3 Å². The second-order valence-corrected chi connectivity index (χ2v) is 11.5. The average molecular weight is 506 g/mol. The Kier molecular flexibility index (Phi) is 3.88. The molecule has 5 aromatic rings. The van der Waals surface area contributed by atoms with Crippen LogP contribution in [0.2, 0.25) is 0 Å². The van der Waals surface area contributed by atoms with E-state index in [1.54, 1.807) is 0 Å². The molecule has 0 amide bonds. The molecular weight excluding hydrogens is 483 g/mol. The van der Waals surface area contributed by atoms with Crippen molar-refractivity contribution in [1.29, 1.82) is 0 Å². The van der Waals surface area contributed by atoms with Crippen molar-refractivity contribution in [1.82, 2.24) is 4.98 Å². The van der Waals surface area contributed by atoms with Crippen molar-refractivity contribution >= 4 is 57.1 Å². The largest absolute Gasteiger partial charge is 0.311 e. The molecule has 1 unspecified atom stereocenters. The first kappa shape index (κ1) is 21.0. The Morgan fingerprint density at radius 2 is 1.73 bits per heavy atom. The van der Waals surface area contributed by atoms with Gasteiger partial charge in [-0.15, -0.1) is 0 Å². The molecule has 5 aliphatic rings. The molecule has 0 spiro atoms. The molecule has 3 aliphatic carbocycles. The fourth-order valence-corrected chi connectivity index (χ4v) is 7.96. The maximum absolute atomic E-state index is 4.71. The average Bonchev–Trinajstić information content (AvgIpc) is 3.33. The van der Waals surface area contributed by atoms with Crippen LogP contribution in [0.3, 0.4) is 0 Å². The van der Waals surface area contributed by atoms with Crippen LogP contribution in [0.1, 0.15) is 22.6 Å². The van der Waals surface area contributed by atoms with E-state index in [2.05, 4.69) is 114 Å². The van der Waals surface area contributed by atoms with Crippen LogP contribution in [0.15, 0.2) is 127 Å². The number of nitrogens with zero attached hydrogens (tertiary/aromatic N) is 2. The number of para-hydroxylation sites is 1. The Morgan fingerprint density at radius 1 is 0.775 bits per heavy atom. The van der Waals surface area contributed by atoms with Crippen LogP contribution in [0.25, 0.3) is 28.1 Å². The van der Waals surface area contributed by atoms with Crippen LogP contribution in [-0.4, -0.2) is 11.7 Å². The van der Waals surface area contributed by atoms with Gasteiger partial charge in [-0.2, -0.15) is 0 Å². The summed E-state index contributed by atoms with van der Waals surface area (Å²) in [5, 5.41) is 1.20. The van der Waals surface area contributed by atoms with Gasteiger partial charge in [-0.05, 0) is 98.8 Å². The maximum Gasteiger partial charge on any atom is 0.248 e. The number of pyridine rings is 1. The summed E-state index contributed by atoms with van der Waals surface area (Å²) >= 11 is 0. The minimum Gasteiger partial charge on any atom is -0.311 e. The van der Waals surface area contributed by atoms with Gasteiger partial charge in [0.15, 0.2) is 0 Å².